The second kappa shape index (κ2) is 40.0. The van der Waals surface area contributed by atoms with E-state index in [-0.39, 0.29) is 22.3 Å². The van der Waals surface area contributed by atoms with Crippen molar-refractivity contribution in [2.75, 3.05) is 21.1 Å². The Kier molecular flexibility index (Phi) is 64.5. The highest BCUT2D eigenvalue weighted by molar-refractivity contribution is 4.99. The van der Waals surface area contributed by atoms with Crippen LogP contribution in [0.25, 0.3) is 0 Å². The van der Waals surface area contributed by atoms with Crippen LogP contribution in [0.5, 0.6) is 0 Å². The smallest absolute Gasteiger partial charge is 0.129 e. The Hall–Kier alpha value is -1.81. The SMILES string of the molecule is C.C.C.CC.CC.CC.CN(C)C.Cc1nc(C)nc(C)n1.c1ccccc1. The van der Waals surface area contributed by atoms with E-state index in [0.717, 1.165) is 17.5 Å². The van der Waals surface area contributed by atoms with E-state index in [1.807, 2.05) is 125 Å². The van der Waals surface area contributed by atoms with Crippen molar-refractivity contribution in [1.82, 2.24) is 19.9 Å². The van der Waals surface area contributed by atoms with Gasteiger partial charge in [-0.05, 0) is 41.9 Å². The molecule has 0 bridgehead atoms. The molecule has 0 spiro atoms. The molecular weight excluding hydrogens is 344 g/mol. The minimum atomic E-state index is 0. The number of nitrogens with zero attached hydrogens (tertiary/aromatic N) is 4. The van der Waals surface area contributed by atoms with Crippen molar-refractivity contribution in [3.63, 3.8) is 0 Å². The molecular formula is C24H54N4. The maximum atomic E-state index is 4.01. The van der Waals surface area contributed by atoms with Crippen molar-refractivity contribution in [1.29, 1.82) is 0 Å². The Morgan fingerprint density at radius 3 is 0.679 bits per heavy atom. The summed E-state index contributed by atoms with van der Waals surface area (Å²) in [5.41, 5.74) is 0. The van der Waals surface area contributed by atoms with Gasteiger partial charge in [0.2, 0.25) is 0 Å². The second-order valence-electron chi connectivity index (χ2n) is 4.47. The molecule has 0 amide bonds. The molecule has 1 aromatic heterocycles. The number of aromatic nitrogens is 3. The summed E-state index contributed by atoms with van der Waals surface area (Å²) < 4.78 is 0. The van der Waals surface area contributed by atoms with Crippen molar-refractivity contribution in [3.05, 3.63) is 53.9 Å². The lowest BCUT2D eigenvalue weighted by atomic mass is 10.4. The van der Waals surface area contributed by atoms with Gasteiger partial charge < -0.3 is 4.90 Å². The van der Waals surface area contributed by atoms with Crippen molar-refractivity contribution in [2.45, 2.75) is 84.6 Å². The highest BCUT2D eigenvalue weighted by Gasteiger charge is 1.91. The number of aryl methyl sites for hydroxylation is 3. The van der Waals surface area contributed by atoms with Gasteiger partial charge in [0.05, 0.1) is 0 Å². The van der Waals surface area contributed by atoms with Gasteiger partial charge >= 0.3 is 0 Å². The van der Waals surface area contributed by atoms with Crippen LogP contribution in [0, 0.1) is 20.8 Å². The summed E-state index contributed by atoms with van der Waals surface area (Å²) in [5, 5.41) is 0. The standard InChI is InChI=1S/C6H9N3.C6H6.C3H9N.3C2H6.3CH4/c1-4-7-5(2)9-6(3)8-4;1-2-4-6-5-3-1;1-4(2)3;3*1-2;;;/h1-3H3;1-6H;1-3H3;3*1-2H3;3*1H4. The van der Waals surface area contributed by atoms with Gasteiger partial charge in [-0.3, -0.25) is 0 Å². The number of rotatable bonds is 0. The highest BCUT2D eigenvalue weighted by Crippen LogP contribution is 1.90. The molecule has 2 aromatic rings. The van der Waals surface area contributed by atoms with Crippen LogP contribution in [0.2, 0.25) is 0 Å². The van der Waals surface area contributed by atoms with E-state index in [1.165, 1.54) is 0 Å². The highest BCUT2D eigenvalue weighted by atomic mass is 15.0. The summed E-state index contributed by atoms with van der Waals surface area (Å²) >= 11 is 0. The van der Waals surface area contributed by atoms with Gasteiger partial charge in [0.1, 0.15) is 17.5 Å². The Morgan fingerprint density at radius 1 is 0.464 bits per heavy atom. The molecule has 0 atom stereocenters. The van der Waals surface area contributed by atoms with Crippen molar-refractivity contribution >= 4 is 0 Å². The molecule has 0 unspecified atom stereocenters. The Balaban J connectivity index is -0.0000000414. The Labute approximate surface area is 179 Å². The summed E-state index contributed by atoms with van der Waals surface area (Å²) in [5.74, 6) is 2.38. The normalized spacial score (nSPS) is 6.75. The number of benzene rings is 1. The molecule has 28 heavy (non-hydrogen) atoms. The topological polar surface area (TPSA) is 41.9 Å². The molecule has 0 saturated heterocycles. The van der Waals surface area contributed by atoms with Gasteiger partial charge in [0.15, 0.2) is 0 Å². The lowest BCUT2D eigenvalue weighted by Gasteiger charge is -1.94. The molecule has 0 aliphatic carbocycles. The van der Waals surface area contributed by atoms with Crippen molar-refractivity contribution < 1.29 is 0 Å². The van der Waals surface area contributed by atoms with E-state index >= 15 is 0 Å². The van der Waals surface area contributed by atoms with E-state index in [2.05, 4.69) is 15.0 Å². The van der Waals surface area contributed by atoms with Crippen LogP contribution in [-0.4, -0.2) is 41.0 Å². The first-order chi connectivity index (χ1) is 11.9. The summed E-state index contributed by atoms with van der Waals surface area (Å²) in [6, 6.07) is 12.0. The zero-order valence-electron chi connectivity index (χ0n) is 18.8. The third-order valence-corrected chi connectivity index (χ3v) is 1.64. The quantitative estimate of drug-likeness (QED) is 0.457. The van der Waals surface area contributed by atoms with Crippen LogP contribution in [0.15, 0.2) is 36.4 Å². The van der Waals surface area contributed by atoms with Crippen LogP contribution < -0.4 is 0 Å². The van der Waals surface area contributed by atoms with Gasteiger partial charge in [-0.25, -0.2) is 15.0 Å². The van der Waals surface area contributed by atoms with Gasteiger partial charge in [-0.2, -0.15) is 0 Å². The van der Waals surface area contributed by atoms with E-state index in [4.69, 9.17) is 0 Å². The summed E-state index contributed by atoms with van der Waals surface area (Å²) in [4.78, 5) is 14.0. The lowest BCUT2D eigenvalue weighted by molar-refractivity contribution is 0.505. The molecule has 0 aliphatic heterocycles. The summed E-state index contributed by atoms with van der Waals surface area (Å²) in [6.45, 7) is 17.6. The monoisotopic (exact) mass is 398 g/mol. The molecule has 0 radical (unpaired) electrons. The third kappa shape index (κ3) is 49.6. The molecule has 0 aliphatic rings. The molecule has 170 valence electrons. The van der Waals surface area contributed by atoms with E-state index < -0.39 is 0 Å². The minimum absolute atomic E-state index is 0. The molecule has 0 N–H and O–H groups in total. The first kappa shape index (κ1) is 45.1. The largest absolute Gasteiger partial charge is 0.312 e. The Morgan fingerprint density at radius 2 is 0.571 bits per heavy atom. The maximum Gasteiger partial charge on any atom is 0.129 e. The molecule has 1 heterocycles. The predicted molar refractivity (Wildman–Crippen MR) is 134 cm³/mol. The van der Waals surface area contributed by atoms with Crippen LogP contribution in [0.3, 0.4) is 0 Å². The van der Waals surface area contributed by atoms with Crippen LogP contribution >= 0.6 is 0 Å². The van der Waals surface area contributed by atoms with E-state index in [1.54, 1.807) is 0 Å². The third-order valence-electron chi connectivity index (χ3n) is 1.64. The predicted octanol–water partition coefficient (Wildman–Crippen LogP) is 7.65. The van der Waals surface area contributed by atoms with Gasteiger partial charge in [-0.1, -0.05) is 100 Å². The fourth-order valence-electron chi connectivity index (χ4n) is 1.16. The molecule has 4 nitrogen and oxygen atoms in total. The molecule has 0 saturated carbocycles. The minimum Gasteiger partial charge on any atom is -0.312 e. The van der Waals surface area contributed by atoms with Crippen LogP contribution in [-0.2, 0) is 0 Å². The number of hydrogen-bond acceptors (Lipinski definition) is 4. The molecule has 2 rings (SSSR count). The first-order valence-corrected chi connectivity index (χ1v) is 9.18. The van der Waals surface area contributed by atoms with Gasteiger partial charge in [0, 0.05) is 0 Å². The zero-order chi connectivity index (χ0) is 20.7. The summed E-state index contributed by atoms with van der Waals surface area (Å²) in [7, 11) is 6.00. The summed E-state index contributed by atoms with van der Waals surface area (Å²) in [6.07, 6.45) is 0. The Bertz CT molecular complexity index is 364. The maximum absolute atomic E-state index is 4.01. The van der Waals surface area contributed by atoms with Gasteiger partial charge in [0.25, 0.3) is 0 Å². The zero-order valence-corrected chi connectivity index (χ0v) is 18.8. The van der Waals surface area contributed by atoms with Crippen LogP contribution in [0.4, 0.5) is 0 Å². The average Bonchev–Trinajstić information content (AvgIpc) is 2.61. The number of hydrogen-bond donors (Lipinski definition) is 0. The van der Waals surface area contributed by atoms with Crippen LogP contribution in [0.1, 0.15) is 81.3 Å². The van der Waals surface area contributed by atoms with E-state index in [0.29, 0.717) is 0 Å². The molecule has 4 heteroatoms. The van der Waals surface area contributed by atoms with Crippen molar-refractivity contribution in [3.8, 4) is 0 Å². The van der Waals surface area contributed by atoms with Crippen molar-refractivity contribution in [2.24, 2.45) is 0 Å². The fourth-order valence-corrected chi connectivity index (χ4v) is 1.16. The fraction of sp³-hybridized carbons (Fsp3) is 0.625. The molecule has 0 fully saturated rings. The second-order valence-corrected chi connectivity index (χ2v) is 4.47. The average molecular weight is 399 g/mol. The molecule has 1 aromatic carbocycles. The van der Waals surface area contributed by atoms with E-state index in [9.17, 15) is 0 Å². The lowest BCUT2D eigenvalue weighted by Crippen LogP contribution is -1.99. The van der Waals surface area contributed by atoms with Gasteiger partial charge in [-0.15, -0.1) is 0 Å². The first-order valence-electron chi connectivity index (χ1n) is 9.18.